The fraction of sp³-hybridized carbons (Fsp3) is 0.261. The number of methoxy groups -OCH3 is 1. The fourth-order valence-electron chi connectivity index (χ4n) is 3.47. The van der Waals surface area contributed by atoms with E-state index in [0.717, 1.165) is 41.0 Å². The Morgan fingerprint density at radius 3 is 2.55 bits per heavy atom. The van der Waals surface area contributed by atoms with Crippen molar-refractivity contribution in [3.05, 3.63) is 78.1 Å². The molecule has 0 aliphatic heterocycles. The first-order valence-corrected chi connectivity index (χ1v) is 11.1. The molecule has 2 aromatic carbocycles. The maximum atomic E-state index is 13.4. The van der Waals surface area contributed by atoms with Crippen LogP contribution in [-0.4, -0.2) is 30.9 Å². The van der Waals surface area contributed by atoms with Crippen molar-refractivity contribution < 1.29 is 13.2 Å². The molecule has 3 aromatic rings. The molecule has 29 heavy (non-hydrogen) atoms. The Bertz CT molecular complexity index is 1110. The molecule has 1 aromatic heterocycles. The number of benzene rings is 2. The van der Waals surface area contributed by atoms with Crippen molar-refractivity contribution in [2.45, 2.75) is 37.2 Å². The van der Waals surface area contributed by atoms with E-state index < -0.39 is 10.0 Å². The van der Waals surface area contributed by atoms with E-state index in [-0.39, 0.29) is 6.04 Å². The summed E-state index contributed by atoms with van der Waals surface area (Å²) < 4.78 is 33.7. The van der Waals surface area contributed by atoms with Crippen molar-refractivity contribution in [3.8, 4) is 16.9 Å². The molecule has 0 N–H and O–H groups in total. The van der Waals surface area contributed by atoms with Crippen LogP contribution in [-0.2, 0) is 16.6 Å². The summed E-state index contributed by atoms with van der Waals surface area (Å²) in [5.74, 6) is 0.772. The van der Waals surface area contributed by atoms with Gasteiger partial charge in [-0.2, -0.15) is 4.31 Å². The zero-order valence-electron chi connectivity index (χ0n) is 16.6. The van der Waals surface area contributed by atoms with Gasteiger partial charge in [0.25, 0.3) is 0 Å². The lowest BCUT2D eigenvalue weighted by molar-refractivity contribution is 0.394. The van der Waals surface area contributed by atoms with Crippen LogP contribution in [0.5, 0.6) is 5.75 Å². The summed E-state index contributed by atoms with van der Waals surface area (Å²) in [4.78, 5) is 4.63. The fourth-order valence-corrected chi connectivity index (χ4v) is 5.21. The Kier molecular flexibility index (Phi) is 5.39. The molecular weight excluding hydrogens is 384 g/mol. The van der Waals surface area contributed by atoms with E-state index in [1.165, 1.54) is 0 Å². The van der Waals surface area contributed by atoms with Crippen LogP contribution in [0.2, 0.25) is 0 Å². The third-order valence-electron chi connectivity index (χ3n) is 5.18. The van der Waals surface area contributed by atoms with E-state index in [4.69, 9.17) is 4.74 Å². The van der Waals surface area contributed by atoms with E-state index in [0.29, 0.717) is 11.4 Å². The molecule has 4 rings (SSSR count). The lowest BCUT2D eigenvalue weighted by Gasteiger charge is -2.22. The molecule has 0 atom stereocenters. The summed E-state index contributed by atoms with van der Waals surface area (Å²) >= 11 is 0. The number of nitrogens with zero attached hydrogens (tertiary/aromatic N) is 2. The van der Waals surface area contributed by atoms with E-state index in [9.17, 15) is 8.42 Å². The molecule has 0 amide bonds. The number of aromatic nitrogens is 1. The summed E-state index contributed by atoms with van der Waals surface area (Å²) in [6, 6.07) is 18.7. The summed E-state index contributed by atoms with van der Waals surface area (Å²) in [6.45, 7) is 2.23. The van der Waals surface area contributed by atoms with Crippen molar-refractivity contribution in [1.29, 1.82) is 0 Å². The molecule has 0 radical (unpaired) electrons. The van der Waals surface area contributed by atoms with Crippen LogP contribution in [0.3, 0.4) is 0 Å². The van der Waals surface area contributed by atoms with Crippen LogP contribution in [0, 0.1) is 6.92 Å². The van der Waals surface area contributed by atoms with E-state index in [1.807, 2.05) is 55.5 Å². The van der Waals surface area contributed by atoms with Gasteiger partial charge in [0.1, 0.15) is 5.75 Å². The zero-order chi connectivity index (χ0) is 20.4. The van der Waals surface area contributed by atoms with Crippen LogP contribution < -0.4 is 4.74 Å². The van der Waals surface area contributed by atoms with E-state index in [1.54, 1.807) is 29.7 Å². The predicted octanol–water partition coefficient (Wildman–Crippen LogP) is 4.42. The highest BCUT2D eigenvalue weighted by Crippen LogP contribution is 2.35. The van der Waals surface area contributed by atoms with Crippen molar-refractivity contribution in [1.82, 2.24) is 9.29 Å². The van der Waals surface area contributed by atoms with E-state index >= 15 is 0 Å². The third kappa shape index (κ3) is 4.18. The maximum absolute atomic E-state index is 13.4. The smallest absolute Gasteiger partial charge is 0.243 e. The maximum Gasteiger partial charge on any atom is 0.243 e. The standard InChI is InChI=1S/C23H24N2O3S/c1-17-14-22(11-12-23(17)18-6-5-8-21(15-18)28-2)29(26,27)25(20-9-10-20)16-19-7-3-4-13-24-19/h3-8,11-15,20H,9-10,16H2,1-2H3. The second kappa shape index (κ2) is 7.97. The molecule has 0 saturated heterocycles. The van der Waals surface area contributed by atoms with Gasteiger partial charge in [0.05, 0.1) is 24.2 Å². The van der Waals surface area contributed by atoms with Gasteiger partial charge in [0.2, 0.25) is 10.0 Å². The summed E-state index contributed by atoms with van der Waals surface area (Å²) in [5.41, 5.74) is 3.66. The topological polar surface area (TPSA) is 59.5 Å². The zero-order valence-corrected chi connectivity index (χ0v) is 17.4. The molecule has 1 heterocycles. The number of hydrogen-bond acceptors (Lipinski definition) is 4. The van der Waals surface area contributed by atoms with E-state index in [2.05, 4.69) is 4.98 Å². The molecule has 0 bridgehead atoms. The first kappa shape index (κ1) is 19.6. The monoisotopic (exact) mass is 408 g/mol. The number of sulfonamides is 1. The normalized spacial score (nSPS) is 14.2. The summed E-state index contributed by atoms with van der Waals surface area (Å²) in [6.07, 6.45) is 3.49. The van der Waals surface area contributed by atoms with Crippen LogP contribution in [0.25, 0.3) is 11.1 Å². The van der Waals surface area contributed by atoms with Crippen molar-refractivity contribution in [2.24, 2.45) is 0 Å². The second-order valence-corrected chi connectivity index (χ2v) is 9.20. The molecule has 1 fully saturated rings. The van der Waals surface area contributed by atoms with Gasteiger partial charge >= 0.3 is 0 Å². The SMILES string of the molecule is COc1cccc(-c2ccc(S(=O)(=O)N(Cc3ccccn3)C3CC3)cc2C)c1. The van der Waals surface area contributed by atoms with Crippen molar-refractivity contribution in [2.75, 3.05) is 7.11 Å². The number of rotatable bonds is 7. The Morgan fingerprint density at radius 1 is 1.07 bits per heavy atom. The van der Waals surface area contributed by atoms with Crippen LogP contribution in [0.15, 0.2) is 71.8 Å². The van der Waals surface area contributed by atoms with Crippen LogP contribution in [0.1, 0.15) is 24.1 Å². The number of ether oxygens (including phenoxy) is 1. The van der Waals surface area contributed by atoms with Crippen LogP contribution in [0.4, 0.5) is 0 Å². The molecular formula is C23H24N2O3S. The van der Waals surface area contributed by atoms with Crippen LogP contribution >= 0.6 is 0 Å². The lowest BCUT2D eigenvalue weighted by Crippen LogP contribution is -2.33. The highest BCUT2D eigenvalue weighted by Gasteiger charge is 2.38. The number of pyridine rings is 1. The van der Waals surface area contributed by atoms with Crippen molar-refractivity contribution in [3.63, 3.8) is 0 Å². The Morgan fingerprint density at radius 2 is 1.90 bits per heavy atom. The second-order valence-electron chi connectivity index (χ2n) is 7.31. The first-order valence-electron chi connectivity index (χ1n) is 9.66. The average Bonchev–Trinajstić information content (AvgIpc) is 3.57. The molecule has 5 nitrogen and oxygen atoms in total. The van der Waals surface area contributed by atoms with Gasteiger partial charge in [-0.25, -0.2) is 8.42 Å². The van der Waals surface area contributed by atoms with Gasteiger partial charge in [-0.05, 0) is 72.9 Å². The van der Waals surface area contributed by atoms with Gasteiger partial charge in [-0.15, -0.1) is 0 Å². The number of aryl methyl sites for hydroxylation is 1. The molecule has 1 aliphatic rings. The lowest BCUT2D eigenvalue weighted by atomic mass is 10.0. The van der Waals surface area contributed by atoms with Gasteiger partial charge in [0.15, 0.2) is 0 Å². The minimum Gasteiger partial charge on any atom is -0.497 e. The minimum atomic E-state index is -3.60. The molecule has 6 heteroatoms. The van der Waals surface area contributed by atoms with Gasteiger partial charge < -0.3 is 4.74 Å². The molecule has 1 saturated carbocycles. The third-order valence-corrected chi connectivity index (χ3v) is 7.08. The highest BCUT2D eigenvalue weighted by molar-refractivity contribution is 7.89. The number of hydrogen-bond donors (Lipinski definition) is 0. The average molecular weight is 409 g/mol. The Hall–Kier alpha value is -2.70. The quantitative estimate of drug-likeness (QED) is 0.581. The first-order chi connectivity index (χ1) is 14.0. The summed E-state index contributed by atoms with van der Waals surface area (Å²) in [7, 11) is -1.97. The van der Waals surface area contributed by atoms with Gasteiger partial charge in [0, 0.05) is 12.2 Å². The Balaban J connectivity index is 1.66. The molecule has 0 unspecified atom stereocenters. The predicted molar refractivity (Wildman–Crippen MR) is 113 cm³/mol. The van der Waals surface area contributed by atoms with Crippen molar-refractivity contribution >= 4 is 10.0 Å². The molecule has 0 spiro atoms. The Labute approximate surface area is 172 Å². The molecule has 150 valence electrons. The molecule has 1 aliphatic carbocycles. The largest absolute Gasteiger partial charge is 0.497 e. The minimum absolute atomic E-state index is 0.0559. The summed E-state index contributed by atoms with van der Waals surface area (Å²) in [5, 5.41) is 0. The highest BCUT2D eigenvalue weighted by atomic mass is 32.2. The van der Waals surface area contributed by atoms with Gasteiger partial charge in [-0.1, -0.05) is 24.3 Å². The van der Waals surface area contributed by atoms with Gasteiger partial charge in [-0.3, -0.25) is 4.98 Å².